The van der Waals surface area contributed by atoms with Gasteiger partial charge in [-0.05, 0) is 31.0 Å². The van der Waals surface area contributed by atoms with Crippen molar-refractivity contribution in [3.63, 3.8) is 0 Å². The summed E-state index contributed by atoms with van der Waals surface area (Å²) in [6.45, 7) is 4.78. The molecule has 2 rings (SSSR count). The lowest BCUT2D eigenvalue weighted by Gasteiger charge is -2.28. The van der Waals surface area contributed by atoms with Crippen LogP contribution in [-0.4, -0.2) is 17.4 Å². The fraction of sp³-hybridized carbons (Fsp3) is 0.467. The molecular weight excluding hydrogens is 341 g/mol. The Balaban J connectivity index is 0.00000242. The number of hydrogen-bond acceptors (Lipinski definition) is 4. The highest BCUT2D eigenvalue weighted by atomic mass is 35.5. The predicted molar refractivity (Wildman–Crippen MR) is 95.8 cm³/mol. The van der Waals surface area contributed by atoms with Gasteiger partial charge in [0.15, 0.2) is 0 Å². The minimum absolute atomic E-state index is 0. The third-order valence-electron chi connectivity index (χ3n) is 4.02. The molecule has 0 aliphatic heterocycles. The highest BCUT2D eigenvalue weighted by molar-refractivity contribution is 7.18. The van der Waals surface area contributed by atoms with Crippen LogP contribution in [-0.2, 0) is 11.3 Å². The maximum absolute atomic E-state index is 12.4. The van der Waals surface area contributed by atoms with Crippen molar-refractivity contribution in [2.24, 2.45) is 11.1 Å². The van der Waals surface area contributed by atoms with Gasteiger partial charge >= 0.3 is 0 Å². The standard InChI is InChI=1S/C15H20ClN3OS.ClH/c1-3-15(4-2,9-17)14(20)18-8-13-19-11-7-10(16)5-6-12(11)21-13;/h5-7H,3-4,8-9,17H2,1-2H3,(H,18,20);1H. The highest BCUT2D eigenvalue weighted by Crippen LogP contribution is 2.27. The Labute approximate surface area is 145 Å². The van der Waals surface area contributed by atoms with Crippen molar-refractivity contribution in [3.8, 4) is 0 Å². The maximum Gasteiger partial charge on any atom is 0.227 e. The monoisotopic (exact) mass is 361 g/mol. The SMILES string of the molecule is CCC(CC)(CN)C(=O)NCc1nc2cc(Cl)ccc2s1.Cl. The van der Waals surface area contributed by atoms with Crippen molar-refractivity contribution in [2.45, 2.75) is 33.2 Å². The van der Waals surface area contributed by atoms with E-state index in [4.69, 9.17) is 17.3 Å². The second-order valence-electron chi connectivity index (χ2n) is 5.09. The van der Waals surface area contributed by atoms with Gasteiger partial charge in [0.25, 0.3) is 0 Å². The van der Waals surface area contributed by atoms with Gasteiger partial charge in [-0.25, -0.2) is 4.98 Å². The zero-order valence-corrected chi connectivity index (χ0v) is 15.1. The Kier molecular flexibility index (Phi) is 7.06. The minimum Gasteiger partial charge on any atom is -0.349 e. The Bertz CT molecular complexity index is 632. The normalized spacial score (nSPS) is 11.3. The van der Waals surface area contributed by atoms with Crippen LogP contribution in [0.5, 0.6) is 0 Å². The third kappa shape index (κ3) is 3.90. The number of nitrogens with two attached hydrogens (primary N) is 1. The second-order valence-corrected chi connectivity index (χ2v) is 6.65. The Hall–Kier alpha value is -0.880. The van der Waals surface area contributed by atoms with Crippen LogP contribution in [0.25, 0.3) is 10.2 Å². The highest BCUT2D eigenvalue weighted by Gasteiger charge is 2.33. The number of thiazole rings is 1. The van der Waals surface area contributed by atoms with Gasteiger partial charge in [0.1, 0.15) is 5.01 Å². The molecule has 4 nitrogen and oxygen atoms in total. The first-order chi connectivity index (χ1) is 10.0. The van der Waals surface area contributed by atoms with E-state index in [1.807, 2.05) is 32.0 Å². The van der Waals surface area contributed by atoms with Gasteiger partial charge in [-0.15, -0.1) is 23.7 Å². The van der Waals surface area contributed by atoms with Gasteiger partial charge in [0.05, 0.1) is 22.2 Å². The predicted octanol–water partition coefficient (Wildman–Crippen LogP) is 3.75. The van der Waals surface area contributed by atoms with Crippen LogP contribution in [0.1, 0.15) is 31.7 Å². The molecule has 0 bridgehead atoms. The molecule has 0 aliphatic rings. The minimum atomic E-state index is -0.472. The molecular formula is C15H21Cl2N3OS. The van der Waals surface area contributed by atoms with Crippen LogP contribution in [0, 0.1) is 5.41 Å². The van der Waals surface area contributed by atoms with Crippen LogP contribution in [0.2, 0.25) is 5.02 Å². The average Bonchev–Trinajstić information content (AvgIpc) is 2.89. The van der Waals surface area contributed by atoms with Gasteiger partial charge in [-0.1, -0.05) is 25.4 Å². The molecule has 0 spiro atoms. The molecule has 1 aromatic heterocycles. The lowest BCUT2D eigenvalue weighted by molar-refractivity contribution is -0.131. The Morgan fingerprint density at radius 2 is 2.09 bits per heavy atom. The zero-order chi connectivity index (χ0) is 15.5. The summed E-state index contributed by atoms with van der Waals surface area (Å²) >= 11 is 7.52. The molecule has 0 radical (unpaired) electrons. The van der Waals surface area contributed by atoms with Crippen molar-refractivity contribution in [1.82, 2.24) is 10.3 Å². The first-order valence-corrected chi connectivity index (χ1v) is 8.27. The molecule has 0 saturated carbocycles. The van der Waals surface area contributed by atoms with Crippen molar-refractivity contribution in [1.29, 1.82) is 0 Å². The smallest absolute Gasteiger partial charge is 0.227 e. The molecule has 0 atom stereocenters. The quantitative estimate of drug-likeness (QED) is 0.822. The van der Waals surface area contributed by atoms with E-state index >= 15 is 0 Å². The molecule has 2 aromatic rings. The fourth-order valence-corrected chi connectivity index (χ4v) is 3.37. The number of nitrogens with zero attached hydrogens (tertiary/aromatic N) is 1. The molecule has 1 heterocycles. The van der Waals surface area contributed by atoms with Gasteiger partial charge in [-0.3, -0.25) is 4.79 Å². The number of carbonyl (C=O) groups is 1. The van der Waals surface area contributed by atoms with E-state index in [2.05, 4.69) is 10.3 Å². The number of benzene rings is 1. The molecule has 122 valence electrons. The zero-order valence-electron chi connectivity index (χ0n) is 12.7. The van der Waals surface area contributed by atoms with Crippen LogP contribution >= 0.6 is 35.3 Å². The van der Waals surface area contributed by atoms with E-state index in [1.54, 1.807) is 11.3 Å². The largest absolute Gasteiger partial charge is 0.349 e. The van der Waals surface area contributed by atoms with Crippen LogP contribution in [0.3, 0.4) is 0 Å². The first-order valence-electron chi connectivity index (χ1n) is 7.08. The molecule has 0 saturated heterocycles. The summed E-state index contributed by atoms with van der Waals surface area (Å²) in [7, 11) is 0. The van der Waals surface area contributed by atoms with Crippen molar-refractivity contribution < 1.29 is 4.79 Å². The van der Waals surface area contributed by atoms with Crippen LogP contribution < -0.4 is 11.1 Å². The molecule has 1 aromatic carbocycles. The summed E-state index contributed by atoms with van der Waals surface area (Å²) in [5, 5.41) is 4.51. The summed E-state index contributed by atoms with van der Waals surface area (Å²) in [4.78, 5) is 16.9. The van der Waals surface area contributed by atoms with Crippen LogP contribution in [0.15, 0.2) is 18.2 Å². The molecule has 0 unspecified atom stereocenters. The number of aromatic nitrogens is 1. The number of nitrogens with one attached hydrogen (secondary N) is 1. The van der Waals surface area contributed by atoms with E-state index in [-0.39, 0.29) is 18.3 Å². The molecule has 0 fully saturated rings. The third-order valence-corrected chi connectivity index (χ3v) is 5.29. The fourth-order valence-electron chi connectivity index (χ4n) is 2.32. The number of amides is 1. The molecule has 0 aliphatic carbocycles. The molecule has 7 heteroatoms. The number of halogens is 2. The van der Waals surface area contributed by atoms with E-state index in [9.17, 15) is 4.79 Å². The second kappa shape index (κ2) is 8.11. The van der Waals surface area contributed by atoms with Gasteiger partial charge in [0.2, 0.25) is 5.91 Å². The maximum atomic E-state index is 12.4. The summed E-state index contributed by atoms with van der Waals surface area (Å²) in [5.41, 5.74) is 6.18. The van der Waals surface area contributed by atoms with Gasteiger partial charge in [0, 0.05) is 11.6 Å². The van der Waals surface area contributed by atoms with Crippen molar-refractivity contribution in [2.75, 3.05) is 6.54 Å². The van der Waals surface area contributed by atoms with Gasteiger partial charge < -0.3 is 11.1 Å². The lowest BCUT2D eigenvalue weighted by Crippen LogP contribution is -2.45. The van der Waals surface area contributed by atoms with E-state index in [1.165, 1.54) is 0 Å². The Morgan fingerprint density at radius 3 is 2.68 bits per heavy atom. The number of hydrogen-bond donors (Lipinski definition) is 2. The Morgan fingerprint density at radius 1 is 1.41 bits per heavy atom. The lowest BCUT2D eigenvalue weighted by atomic mass is 9.81. The van der Waals surface area contributed by atoms with Crippen LogP contribution in [0.4, 0.5) is 0 Å². The summed E-state index contributed by atoms with van der Waals surface area (Å²) in [6, 6.07) is 5.63. The van der Waals surface area contributed by atoms with E-state index in [0.717, 1.165) is 28.1 Å². The molecule has 1 amide bonds. The average molecular weight is 362 g/mol. The van der Waals surface area contributed by atoms with E-state index in [0.29, 0.717) is 18.1 Å². The van der Waals surface area contributed by atoms with E-state index < -0.39 is 5.41 Å². The van der Waals surface area contributed by atoms with Crippen molar-refractivity contribution in [3.05, 3.63) is 28.2 Å². The summed E-state index contributed by atoms with van der Waals surface area (Å²) in [5.74, 6) is 0.00675. The first kappa shape index (κ1) is 19.2. The summed E-state index contributed by atoms with van der Waals surface area (Å²) in [6.07, 6.45) is 1.47. The number of carbonyl (C=O) groups excluding carboxylic acids is 1. The summed E-state index contributed by atoms with van der Waals surface area (Å²) < 4.78 is 1.07. The molecule has 22 heavy (non-hydrogen) atoms. The topological polar surface area (TPSA) is 68.0 Å². The molecule has 3 N–H and O–H groups in total. The van der Waals surface area contributed by atoms with Gasteiger partial charge in [-0.2, -0.15) is 0 Å². The number of rotatable bonds is 6. The number of fused-ring (bicyclic) bond motifs is 1. The van der Waals surface area contributed by atoms with Crippen molar-refractivity contribution >= 4 is 51.5 Å².